The number of nitrogen functional groups attached to an aromatic ring is 1. The summed E-state index contributed by atoms with van der Waals surface area (Å²) in [7, 11) is 0. The van der Waals surface area contributed by atoms with E-state index in [1.807, 2.05) is 0 Å². The second-order valence-electron chi connectivity index (χ2n) is 4.41. The van der Waals surface area contributed by atoms with E-state index in [0.717, 1.165) is 12.8 Å². The van der Waals surface area contributed by atoms with Gasteiger partial charge < -0.3 is 5.43 Å². The van der Waals surface area contributed by atoms with Crippen LogP contribution in [0.3, 0.4) is 0 Å². The maximum atomic E-state index is 12.5. The van der Waals surface area contributed by atoms with Crippen molar-refractivity contribution < 1.29 is 13.2 Å². The largest absolute Gasteiger partial charge is 0.401 e. The van der Waals surface area contributed by atoms with E-state index in [0.29, 0.717) is 11.4 Å². The lowest BCUT2D eigenvalue weighted by Crippen LogP contribution is -2.35. The van der Waals surface area contributed by atoms with Crippen molar-refractivity contribution in [3.05, 3.63) is 23.9 Å². The number of alkyl halides is 3. The van der Waals surface area contributed by atoms with E-state index in [4.69, 9.17) is 5.84 Å². The summed E-state index contributed by atoms with van der Waals surface area (Å²) in [6.45, 7) is -0.686. The summed E-state index contributed by atoms with van der Waals surface area (Å²) < 4.78 is 37.4. The third-order valence-electron chi connectivity index (χ3n) is 2.85. The lowest BCUT2D eigenvalue weighted by molar-refractivity contribution is -0.148. The van der Waals surface area contributed by atoms with Crippen LogP contribution >= 0.6 is 0 Å². The van der Waals surface area contributed by atoms with Crippen LogP contribution < -0.4 is 11.3 Å². The Hall–Kier alpha value is -1.34. The minimum atomic E-state index is -4.18. The zero-order chi connectivity index (χ0) is 13.2. The number of halogens is 3. The lowest BCUT2D eigenvalue weighted by atomic mass is 10.2. The fraction of sp³-hybridized carbons (Fsp3) is 0.545. The molecule has 1 heterocycles. The third-order valence-corrected chi connectivity index (χ3v) is 2.85. The minimum absolute atomic E-state index is 0.0254. The van der Waals surface area contributed by atoms with E-state index in [1.165, 1.54) is 4.90 Å². The van der Waals surface area contributed by atoms with Gasteiger partial charge in [0.15, 0.2) is 0 Å². The van der Waals surface area contributed by atoms with Gasteiger partial charge in [0.2, 0.25) is 0 Å². The van der Waals surface area contributed by atoms with Crippen LogP contribution in [0.15, 0.2) is 18.3 Å². The number of aromatic nitrogens is 1. The van der Waals surface area contributed by atoms with Crippen LogP contribution in [0.4, 0.5) is 19.0 Å². The Bertz CT molecular complexity index is 404. The van der Waals surface area contributed by atoms with Crippen molar-refractivity contribution in [1.29, 1.82) is 0 Å². The van der Waals surface area contributed by atoms with Gasteiger partial charge in [0, 0.05) is 24.3 Å². The standard InChI is InChI=1S/C11H15F3N4/c12-11(13,14)7-18(9-3-4-9)6-8-2-1-5-16-10(8)17-15/h1-2,5,9H,3-4,6-7,15H2,(H,16,17). The maximum absolute atomic E-state index is 12.5. The summed E-state index contributed by atoms with van der Waals surface area (Å²) in [4.78, 5) is 5.41. The molecule has 0 aliphatic heterocycles. The number of nitrogens with two attached hydrogens (primary N) is 1. The first-order valence-corrected chi connectivity index (χ1v) is 5.71. The van der Waals surface area contributed by atoms with Crippen LogP contribution in [0.1, 0.15) is 18.4 Å². The summed E-state index contributed by atoms with van der Waals surface area (Å²) in [6, 6.07) is 3.44. The summed E-state index contributed by atoms with van der Waals surface area (Å²) in [5.74, 6) is 5.71. The molecule has 1 fully saturated rings. The fourth-order valence-electron chi connectivity index (χ4n) is 1.90. The van der Waals surface area contributed by atoms with Crippen LogP contribution in [0.5, 0.6) is 0 Å². The number of rotatable bonds is 5. The summed E-state index contributed by atoms with van der Waals surface area (Å²) >= 11 is 0. The monoisotopic (exact) mass is 260 g/mol. The molecule has 0 spiro atoms. The second kappa shape index (κ2) is 5.11. The van der Waals surface area contributed by atoms with Crippen molar-refractivity contribution in [3.63, 3.8) is 0 Å². The van der Waals surface area contributed by atoms with Gasteiger partial charge in [-0.15, -0.1) is 0 Å². The summed E-state index contributed by atoms with van der Waals surface area (Å²) in [5.41, 5.74) is 3.08. The van der Waals surface area contributed by atoms with E-state index in [2.05, 4.69) is 10.4 Å². The zero-order valence-corrected chi connectivity index (χ0v) is 9.74. The van der Waals surface area contributed by atoms with Crippen LogP contribution in [-0.2, 0) is 6.54 Å². The molecule has 1 aliphatic carbocycles. The third kappa shape index (κ3) is 3.58. The molecule has 0 unspecified atom stereocenters. The molecule has 1 aromatic rings. The van der Waals surface area contributed by atoms with Crippen molar-refractivity contribution in [1.82, 2.24) is 9.88 Å². The van der Waals surface area contributed by atoms with Gasteiger partial charge in [-0.2, -0.15) is 13.2 Å². The first kappa shape index (κ1) is 13.1. The number of anilines is 1. The molecule has 4 nitrogen and oxygen atoms in total. The number of nitrogens with zero attached hydrogens (tertiary/aromatic N) is 2. The Morgan fingerprint density at radius 3 is 2.72 bits per heavy atom. The maximum Gasteiger partial charge on any atom is 0.401 e. The highest BCUT2D eigenvalue weighted by molar-refractivity contribution is 5.42. The van der Waals surface area contributed by atoms with E-state index < -0.39 is 12.7 Å². The Balaban J connectivity index is 2.08. The van der Waals surface area contributed by atoms with E-state index in [1.54, 1.807) is 18.3 Å². The Labute approximate surface area is 103 Å². The average Bonchev–Trinajstić information content (AvgIpc) is 3.11. The highest BCUT2D eigenvalue weighted by Gasteiger charge is 2.38. The van der Waals surface area contributed by atoms with Crippen molar-refractivity contribution in [2.24, 2.45) is 5.84 Å². The molecule has 2 rings (SSSR count). The molecule has 0 saturated heterocycles. The topological polar surface area (TPSA) is 54.2 Å². The quantitative estimate of drug-likeness (QED) is 0.627. The molecule has 0 bridgehead atoms. The Morgan fingerprint density at radius 1 is 1.44 bits per heavy atom. The first-order valence-electron chi connectivity index (χ1n) is 5.71. The van der Waals surface area contributed by atoms with Crippen LogP contribution in [0, 0.1) is 0 Å². The van der Waals surface area contributed by atoms with Gasteiger partial charge in [0.05, 0.1) is 6.54 Å². The molecule has 0 atom stereocenters. The van der Waals surface area contributed by atoms with Crippen molar-refractivity contribution in [2.45, 2.75) is 31.6 Å². The average molecular weight is 260 g/mol. The van der Waals surface area contributed by atoms with Crippen LogP contribution in [-0.4, -0.2) is 28.6 Å². The molecule has 18 heavy (non-hydrogen) atoms. The zero-order valence-electron chi connectivity index (χ0n) is 9.74. The van der Waals surface area contributed by atoms with E-state index >= 15 is 0 Å². The van der Waals surface area contributed by atoms with Crippen molar-refractivity contribution in [3.8, 4) is 0 Å². The lowest BCUT2D eigenvalue weighted by Gasteiger charge is -2.24. The molecule has 100 valence electrons. The molecule has 1 aromatic heterocycles. The fourth-order valence-corrected chi connectivity index (χ4v) is 1.90. The van der Waals surface area contributed by atoms with Gasteiger partial charge in [-0.3, -0.25) is 4.90 Å². The van der Waals surface area contributed by atoms with Gasteiger partial charge >= 0.3 is 6.18 Å². The second-order valence-corrected chi connectivity index (χ2v) is 4.41. The molecule has 0 radical (unpaired) electrons. The highest BCUT2D eigenvalue weighted by atomic mass is 19.4. The van der Waals surface area contributed by atoms with E-state index in [-0.39, 0.29) is 12.6 Å². The molecule has 0 aromatic carbocycles. The summed E-state index contributed by atoms with van der Waals surface area (Å²) in [5, 5.41) is 0. The number of hydrogen-bond acceptors (Lipinski definition) is 4. The highest BCUT2D eigenvalue weighted by Crippen LogP contribution is 2.32. The number of hydrazine groups is 1. The normalized spacial score (nSPS) is 16.1. The molecule has 1 saturated carbocycles. The van der Waals surface area contributed by atoms with Gasteiger partial charge in [-0.1, -0.05) is 6.07 Å². The molecule has 3 N–H and O–H groups in total. The van der Waals surface area contributed by atoms with Crippen LogP contribution in [0.25, 0.3) is 0 Å². The molecule has 0 amide bonds. The number of nitrogens with one attached hydrogen (secondary N) is 1. The minimum Gasteiger partial charge on any atom is -0.308 e. The van der Waals surface area contributed by atoms with E-state index in [9.17, 15) is 13.2 Å². The first-order chi connectivity index (χ1) is 8.49. The molecule has 7 heteroatoms. The van der Waals surface area contributed by atoms with Crippen molar-refractivity contribution in [2.75, 3.05) is 12.0 Å². The molecule has 1 aliphatic rings. The van der Waals surface area contributed by atoms with Gasteiger partial charge in [-0.05, 0) is 18.9 Å². The van der Waals surface area contributed by atoms with Gasteiger partial charge in [-0.25, -0.2) is 10.8 Å². The Kier molecular flexibility index (Phi) is 3.72. The molecular formula is C11H15F3N4. The van der Waals surface area contributed by atoms with Gasteiger partial charge in [0.1, 0.15) is 5.82 Å². The SMILES string of the molecule is NNc1ncccc1CN(CC(F)(F)F)C1CC1. The van der Waals surface area contributed by atoms with Crippen molar-refractivity contribution >= 4 is 5.82 Å². The molecular weight excluding hydrogens is 245 g/mol. The predicted octanol–water partition coefficient (Wildman–Crippen LogP) is 1.89. The summed E-state index contributed by atoms with van der Waals surface area (Å²) in [6.07, 6.45) is -0.992. The smallest absolute Gasteiger partial charge is 0.308 e. The number of hydrogen-bond donors (Lipinski definition) is 2. The van der Waals surface area contributed by atoms with Crippen LogP contribution in [0.2, 0.25) is 0 Å². The predicted molar refractivity (Wildman–Crippen MR) is 61.5 cm³/mol. The number of pyridine rings is 1. The van der Waals surface area contributed by atoms with Gasteiger partial charge in [0.25, 0.3) is 0 Å². The Morgan fingerprint density at radius 2 is 2.17 bits per heavy atom.